The monoisotopic (exact) mass is 664 g/mol. The molecule has 0 N–H and O–H groups in total. The molecule has 208 valence electrons. The summed E-state index contributed by atoms with van der Waals surface area (Å²) in [5.74, 6) is -0.381. The summed E-state index contributed by atoms with van der Waals surface area (Å²) in [4.78, 5) is 0. The molecule has 0 amide bonds. The van der Waals surface area contributed by atoms with Gasteiger partial charge in [0.25, 0.3) is 0 Å². The molecule has 9 heteroatoms. The molecule has 0 saturated heterocycles. The van der Waals surface area contributed by atoms with Crippen LogP contribution in [0.3, 0.4) is 0 Å². The molecule has 0 aliphatic carbocycles. The van der Waals surface area contributed by atoms with Gasteiger partial charge in [-0.25, -0.2) is 16.8 Å². The molecule has 0 aromatic rings. The number of hydrogen-bond acceptors (Lipinski definition) is 6. The van der Waals surface area contributed by atoms with Gasteiger partial charge in [0, 0.05) is 11.5 Å². The Labute approximate surface area is 259 Å². The molecule has 0 spiro atoms. The van der Waals surface area contributed by atoms with Crippen LogP contribution in [0.15, 0.2) is 0 Å². The minimum atomic E-state index is -3.98. The van der Waals surface area contributed by atoms with E-state index in [4.69, 9.17) is 0 Å². The summed E-state index contributed by atoms with van der Waals surface area (Å²) < 4.78 is 62.0. The summed E-state index contributed by atoms with van der Waals surface area (Å²) >= 11 is 0. The molecule has 6 nitrogen and oxygen atoms in total. The van der Waals surface area contributed by atoms with Crippen molar-refractivity contribution in [3.8, 4) is 0 Å². The molecular weight excluding hydrogens is 610 g/mol. The summed E-state index contributed by atoms with van der Waals surface area (Å²) in [7, 11) is -7.97. The second-order valence-corrected chi connectivity index (χ2v) is 12.6. The van der Waals surface area contributed by atoms with Crippen molar-refractivity contribution in [1.29, 1.82) is 0 Å². The van der Waals surface area contributed by atoms with Gasteiger partial charge in [0.15, 0.2) is 0 Å². The van der Waals surface area contributed by atoms with Crippen molar-refractivity contribution in [2.45, 2.75) is 155 Å². The van der Waals surface area contributed by atoms with E-state index in [0.717, 1.165) is 25.7 Å². The standard InChI is InChI=1S/2C13H28O3S.Ba/c2*1-2-3-4-5-6-7-8-9-10-11-12-13-17(14,15)16;/h2*2-13H2,1H3,(H,14,15,16);/q;;+2/p-2. The molecule has 35 heavy (non-hydrogen) atoms. The first-order valence-corrected chi connectivity index (χ1v) is 17.1. The van der Waals surface area contributed by atoms with E-state index < -0.39 is 20.2 Å². The zero-order chi connectivity index (χ0) is 26.0. The van der Waals surface area contributed by atoms with Crippen molar-refractivity contribution in [3.05, 3.63) is 0 Å². The molecule has 0 bridgehead atoms. The van der Waals surface area contributed by atoms with Crippen molar-refractivity contribution < 1.29 is 25.9 Å². The summed E-state index contributed by atoms with van der Waals surface area (Å²) in [5.41, 5.74) is 0. The zero-order valence-electron chi connectivity index (χ0n) is 22.9. The Balaban J connectivity index is -0.000000569. The first-order chi connectivity index (χ1) is 16.1. The maximum Gasteiger partial charge on any atom is 2.00 e. The first kappa shape index (κ1) is 40.9. The van der Waals surface area contributed by atoms with Crippen LogP contribution in [-0.4, -0.2) is 86.3 Å². The molecule has 0 atom stereocenters. The van der Waals surface area contributed by atoms with Crippen LogP contribution in [0.2, 0.25) is 0 Å². The second-order valence-electron chi connectivity index (χ2n) is 9.59. The summed E-state index contributed by atoms with van der Waals surface area (Å²) in [6.45, 7) is 4.45. The SMILES string of the molecule is CCCCCCCCCCCCCS(=O)(=O)[O-].CCCCCCCCCCCCCS(=O)(=O)[O-].[Ba+2]. The molecule has 0 radical (unpaired) electrons. The Hall–Kier alpha value is 1.39. The maximum absolute atomic E-state index is 10.3. The van der Waals surface area contributed by atoms with Gasteiger partial charge in [-0.1, -0.05) is 142 Å². The van der Waals surface area contributed by atoms with Gasteiger partial charge in [0.05, 0.1) is 20.2 Å². The van der Waals surface area contributed by atoms with Gasteiger partial charge >= 0.3 is 48.9 Å². The Bertz CT molecular complexity index is 555. The molecule has 0 aliphatic heterocycles. The molecule has 0 saturated carbocycles. The van der Waals surface area contributed by atoms with Crippen LogP contribution >= 0.6 is 0 Å². The van der Waals surface area contributed by atoms with Crippen LogP contribution < -0.4 is 0 Å². The average Bonchev–Trinajstić information content (AvgIpc) is 2.75. The van der Waals surface area contributed by atoms with Gasteiger partial charge in [-0.15, -0.1) is 0 Å². The van der Waals surface area contributed by atoms with Crippen LogP contribution in [0, 0.1) is 0 Å². The Kier molecular flexibility index (Phi) is 35.0. The minimum Gasteiger partial charge on any atom is -0.748 e. The Morgan fingerprint density at radius 1 is 0.371 bits per heavy atom. The van der Waals surface area contributed by atoms with Crippen LogP contribution in [0.1, 0.15) is 155 Å². The summed E-state index contributed by atoms with van der Waals surface area (Å²) in [6.07, 6.45) is 25.7. The van der Waals surface area contributed by atoms with Crippen molar-refractivity contribution >= 4 is 69.1 Å². The fraction of sp³-hybridized carbons (Fsp3) is 1.00. The third-order valence-electron chi connectivity index (χ3n) is 6.00. The largest absolute Gasteiger partial charge is 2.00 e. The normalized spacial score (nSPS) is 11.5. The molecule has 0 aliphatic rings. The van der Waals surface area contributed by atoms with E-state index in [1.807, 2.05) is 0 Å². The van der Waals surface area contributed by atoms with Gasteiger partial charge in [0.2, 0.25) is 0 Å². The van der Waals surface area contributed by atoms with Crippen LogP contribution in [0.4, 0.5) is 0 Å². The number of rotatable bonds is 24. The first-order valence-electron chi connectivity index (χ1n) is 14.0. The van der Waals surface area contributed by atoms with E-state index in [1.54, 1.807) is 0 Å². The van der Waals surface area contributed by atoms with Crippen LogP contribution in [0.25, 0.3) is 0 Å². The third-order valence-corrected chi connectivity index (χ3v) is 7.57. The van der Waals surface area contributed by atoms with E-state index in [9.17, 15) is 25.9 Å². The predicted molar refractivity (Wildman–Crippen MR) is 148 cm³/mol. The average molecular weight is 664 g/mol. The molecule has 0 aromatic carbocycles. The zero-order valence-corrected chi connectivity index (χ0v) is 29.0. The quantitative estimate of drug-likeness (QED) is 0.0608. The van der Waals surface area contributed by atoms with E-state index in [1.165, 1.54) is 103 Å². The van der Waals surface area contributed by atoms with E-state index in [2.05, 4.69) is 13.8 Å². The Morgan fingerprint density at radius 2 is 0.543 bits per heavy atom. The van der Waals surface area contributed by atoms with E-state index >= 15 is 0 Å². The van der Waals surface area contributed by atoms with Crippen LogP contribution in [-0.2, 0) is 20.2 Å². The molecule has 0 aromatic heterocycles. The Morgan fingerprint density at radius 3 is 0.714 bits per heavy atom. The van der Waals surface area contributed by atoms with Crippen molar-refractivity contribution in [2.75, 3.05) is 11.5 Å². The van der Waals surface area contributed by atoms with Crippen molar-refractivity contribution in [3.63, 3.8) is 0 Å². The smallest absolute Gasteiger partial charge is 0.748 e. The van der Waals surface area contributed by atoms with Gasteiger partial charge in [-0.05, 0) is 12.8 Å². The second kappa shape index (κ2) is 29.9. The fourth-order valence-electron chi connectivity index (χ4n) is 3.89. The summed E-state index contributed by atoms with van der Waals surface area (Å²) in [5, 5.41) is 0. The van der Waals surface area contributed by atoms with Gasteiger partial charge in [0.1, 0.15) is 0 Å². The van der Waals surface area contributed by atoms with Gasteiger partial charge < -0.3 is 9.11 Å². The predicted octanol–water partition coefficient (Wildman–Crippen LogP) is 7.30. The topological polar surface area (TPSA) is 114 Å². The maximum atomic E-state index is 10.3. The minimum absolute atomic E-state index is 0. The molecule has 0 rings (SSSR count). The van der Waals surface area contributed by atoms with Crippen molar-refractivity contribution in [1.82, 2.24) is 0 Å². The van der Waals surface area contributed by atoms with E-state index in [-0.39, 0.29) is 60.4 Å². The van der Waals surface area contributed by atoms with E-state index in [0.29, 0.717) is 12.8 Å². The molecule has 0 fully saturated rings. The number of unbranched alkanes of at least 4 members (excludes halogenated alkanes) is 20. The molecule has 0 unspecified atom stereocenters. The van der Waals surface area contributed by atoms with Crippen molar-refractivity contribution in [2.24, 2.45) is 0 Å². The molecular formula is C26H54BaO6S2. The number of hydrogen-bond donors (Lipinski definition) is 0. The van der Waals surface area contributed by atoms with Crippen LogP contribution in [0.5, 0.6) is 0 Å². The fourth-order valence-corrected chi connectivity index (χ4v) is 5.00. The van der Waals surface area contributed by atoms with Gasteiger partial charge in [-0.2, -0.15) is 0 Å². The third kappa shape index (κ3) is 45.7. The molecule has 0 heterocycles. The van der Waals surface area contributed by atoms with Gasteiger partial charge in [-0.3, -0.25) is 0 Å². The summed E-state index contributed by atoms with van der Waals surface area (Å²) in [6, 6.07) is 0.